The monoisotopic (exact) mass is 462 g/mol. The average molecular weight is 463 g/mol. The van der Waals surface area contributed by atoms with Gasteiger partial charge in [0.2, 0.25) is 0 Å². The highest BCUT2D eigenvalue weighted by Crippen LogP contribution is 2.32. The van der Waals surface area contributed by atoms with Crippen LogP contribution in [-0.4, -0.2) is 24.1 Å². The number of ether oxygens (including phenoxy) is 2. The fourth-order valence-electron chi connectivity index (χ4n) is 4.07. The van der Waals surface area contributed by atoms with Crippen molar-refractivity contribution in [2.45, 2.75) is 26.2 Å². The smallest absolute Gasteiger partial charge is 0.339 e. The summed E-state index contributed by atoms with van der Waals surface area (Å²) >= 11 is 1.33. The van der Waals surface area contributed by atoms with Crippen molar-refractivity contribution in [3.05, 3.63) is 69.4 Å². The van der Waals surface area contributed by atoms with Crippen LogP contribution in [0.5, 0.6) is 11.5 Å². The lowest BCUT2D eigenvalue weighted by molar-refractivity contribution is -0.118. The van der Waals surface area contributed by atoms with E-state index in [1.54, 1.807) is 12.1 Å². The molecule has 0 atom stereocenters. The van der Waals surface area contributed by atoms with Gasteiger partial charge in [-0.2, -0.15) is 0 Å². The number of hydrogen-bond acceptors (Lipinski definition) is 7. The first-order valence-corrected chi connectivity index (χ1v) is 11.7. The van der Waals surface area contributed by atoms with Crippen molar-refractivity contribution in [3.63, 3.8) is 0 Å². The molecule has 1 N–H and O–H groups in total. The molecule has 4 aromatic rings. The second-order valence-corrected chi connectivity index (χ2v) is 8.52. The molecular weight excluding hydrogens is 440 g/mol. The molecule has 1 aliphatic carbocycles. The first kappa shape index (κ1) is 21.2. The van der Waals surface area contributed by atoms with E-state index in [1.165, 1.54) is 11.3 Å². The molecule has 0 saturated heterocycles. The molecule has 2 heterocycles. The molecule has 2 aromatic heterocycles. The van der Waals surface area contributed by atoms with Gasteiger partial charge in [0.25, 0.3) is 5.91 Å². The van der Waals surface area contributed by atoms with Gasteiger partial charge in [-0.3, -0.25) is 10.1 Å². The number of benzene rings is 2. The van der Waals surface area contributed by atoms with E-state index in [2.05, 4.69) is 10.3 Å². The van der Waals surface area contributed by atoms with Crippen molar-refractivity contribution < 1.29 is 18.7 Å². The summed E-state index contributed by atoms with van der Waals surface area (Å²) in [6.45, 7) is 2.30. The number of nitrogens with one attached hydrogen (secondary N) is 1. The van der Waals surface area contributed by atoms with Gasteiger partial charge < -0.3 is 13.9 Å². The van der Waals surface area contributed by atoms with Crippen molar-refractivity contribution in [3.8, 4) is 22.8 Å². The highest BCUT2D eigenvalue weighted by Gasteiger charge is 2.20. The number of para-hydroxylation sites is 1. The van der Waals surface area contributed by atoms with E-state index in [-0.39, 0.29) is 18.1 Å². The molecule has 0 spiro atoms. The zero-order valence-corrected chi connectivity index (χ0v) is 18.9. The van der Waals surface area contributed by atoms with Crippen LogP contribution in [0.3, 0.4) is 0 Å². The third-order valence-corrected chi connectivity index (χ3v) is 6.29. The number of fused-ring (bicyclic) bond motifs is 3. The Morgan fingerprint density at radius 1 is 1.15 bits per heavy atom. The number of thiazole rings is 1. The topological polar surface area (TPSA) is 90.7 Å². The summed E-state index contributed by atoms with van der Waals surface area (Å²) < 4.78 is 16.8. The van der Waals surface area contributed by atoms with Crippen molar-refractivity contribution >= 4 is 33.3 Å². The Balaban J connectivity index is 1.25. The molecule has 2 aromatic carbocycles. The van der Waals surface area contributed by atoms with Gasteiger partial charge in [-0.15, -0.1) is 11.3 Å². The van der Waals surface area contributed by atoms with Crippen LogP contribution in [0, 0.1) is 0 Å². The average Bonchev–Trinajstić information content (AvgIpc) is 3.49. The summed E-state index contributed by atoms with van der Waals surface area (Å²) in [5, 5.41) is 6.05. The van der Waals surface area contributed by atoms with Gasteiger partial charge in [0.05, 0.1) is 12.3 Å². The number of rotatable bonds is 7. The number of anilines is 1. The molecule has 0 aliphatic heterocycles. The third kappa shape index (κ3) is 4.34. The standard InChI is InChI=1S/C25H22N2O5S/c1-2-30-21-9-4-3-6-19(21)20-14-33-25(26-20)27-23(28)13-31-15-10-11-17-16-7-5-8-18(16)24(29)32-22(17)12-15/h3-4,6,9-12,14H,2,5,7-8,13H2,1H3,(H,26,27,28). The Hall–Kier alpha value is -3.65. The van der Waals surface area contributed by atoms with E-state index in [1.807, 2.05) is 42.6 Å². The van der Waals surface area contributed by atoms with E-state index in [0.717, 1.165) is 52.8 Å². The van der Waals surface area contributed by atoms with Gasteiger partial charge in [0.1, 0.15) is 17.1 Å². The van der Waals surface area contributed by atoms with Gasteiger partial charge in [-0.1, -0.05) is 12.1 Å². The minimum absolute atomic E-state index is 0.189. The minimum atomic E-state index is -0.329. The minimum Gasteiger partial charge on any atom is -0.493 e. The van der Waals surface area contributed by atoms with Crippen LogP contribution < -0.4 is 20.4 Å². The Kier molecular flexibility index (Phi) is 5.83. The summed E-state index contributed by atoms with van der Waals surface area (Å²) in [6.07, 6.45) is 2.61. The number of carbonyl (C=O) groups excluding carboxylic acids is 1. The quantitative estimate of drug-likeness (QED) is 0.396. The Bertz CT molecular complexity index is 1390. The molecule has 33 heavy (non-hydrogen) atoms. The largest absolute Gasteiger partial charge is 0.493 e. The van der Waals surface area contributed by atoms with Gasteiger partial charge in [0, 0.05) is 28.0 Å². The lowest BCUT2D eigenvalue weighted by atomic mass is 10.1. The number of hydrogen-bond donors (Lipinski definition) is 1. The van der Waals surface area contributed by atoms with Gasteiger partial charge in [-0.25, -0.2) is 9.78 Å². The number of aromatic nitrogens is 1. The molecule has 8 heteroatoms. The number of carbonyl (C=O) groups is 1. The predicted octanol–water partition coefficient (Wildman–Crippen LogP) is 4.82. The van der Waals surface area contributed by atoms with Gasteiger partial charge in [-0.05, 0) is 56.0 Å². The molecular formula is C25H22N2O5S. The zero-order chi connectivity index (χ0) is 22.8. The van der Waals surface area contributed by atoms with Crippen LogP contribution in [0.4, 0.5) is 5.13 Å². The van der Waals surface area contributed by atoms with Crippen LogP contribution in [0.15, 0.2) is 57.1 Å². The number of amides is 1. The first-order chi connectivity index (χ1) is 16.1. The van der Waals surface area contributed by atoms with Crippen LogP contribution in [0.25, 0.3) is 22.2 Å². The molecule has 0 unspecified atom stereocenters. The van der Waals surface area contributed by atoms with Crippen molar-refractivity contribution in [2.75, 3.05) is 18.5 Å². The fourth-order valence-corrected chi connectivity index (χ4v) is 4.80. The number of aryl methyl sites for hydroxylation is 1. The number of nitrogens with zero attached hydrogens (tertiary/aromatic N) is 1. The van der Waals surface area contributed by atoms with Crippen LogP contribution in [0.1, 0.15) is 24.5 Å². The maximum Gasteiger partial charge on any atom is 0.339 e. The Morgan fingerprint density at radius 3 is 2.88 bits per heavy atom. The van der Waals surface area contributed by atoms with Crippen LogP contribution in [-0.2, 0) is 17.6 Å². The summed E-state index contributed by atoms with van der Waals surface area (Å²) in [5.74, 6) is 0.883. The summed E-state index contributed by atoms with van der Waals surface area (Å²) in [4.78, 5) is 29.1. The maximum absolute atomic E-state index is 12.4. The molecule has 7 nitrogen and oxygen atoms in total. The Morgan fingerprint density at radius 2 is 2.00 bits per heavy atom. The molecule has 168 valence electrons. The highest BCUT2D eigenvalue weighted by atomic mass is 32.1. The fraction of sp³-hybridized carbons (Fsp3) is 0.240. The van der Waals surface area contributed by atoms with Crippen LogP contribution >= 0.6 is 11.3 Å². The van der Waals surface area contributed by atoms with Gasteiger partial charge in [0.15, 0.2) is 11.7 Å². The van der Waals surface area contributed by atoms with E-state index < -0.39 is 0 Å². The van der Waals surface area contributed by atoms with Crippen molar-refractivity contribution in [1.29, 1.82) is 0 Å². The lowest BCUT2D eigenvalue weighted by Crippen LogP contribution is -2.20. The molecule has 0 radical (unpaired) electrons. The lowest BCUT2D eigenvalue weighted by Gasteiger charge is -2.08. The van der Waals surface area contributed by atoms with Crippen molar-refractivity contribution in [2.24, 2.45) is 0 Å². The second kappa shape index (κ2) is 9.07. The summed E-state index contributed by atoms with van der Waals surface area (Å²) in [7, 11) is 0. The predicted molar refractivity (Wildman–Crippen MR) is 127 cm³/mol. The van der Waals surface area contributed by atoms with Crippen molar-refractivity contribution in [1.82, 2.24) is 4.98 Å². The third-order valence-electron chi connectivity index (χ3n) is 5.53. The van der Waals surface area contributed by atoms with E-state index in [9.17, 15) is 9.59 Å². The molecule has 1 amide bonds. The van der Waals surface area contributed by atoms with Crippen LogP contribution in [0.2, 0.25) is 0 Å². The Labute approximate surface area is 194 Å². The molecule has 0 saturated carbocycles. The molecule has 1 aliphatic rings. The van der Waals surface area contributed by atoms with Gasteiger partial charge >= 0.3 is 5.63 Å². The highest BCUT2D eigenvalue weighted by molar-refractivity contribution is 7.14. The second-order valence-electron chi connectivity index (χ2n) is 7.66. The molecule has 5 rings (SSSR count). The summed E-state index contributed by atoms with van der Waals surface area (Å²) in [5.41, 5.74) is 3.65. The molecule has 0 bridgehead atoms. The SMILES string of the molecule is CCOc1ccccc1-c1csc(NC(=O)COc2ccc3c4c(c(=O)oc3c2)CCC4)n1. The van der Waals surface area contributed by atoms with E-state index >= 15 is 0 Å². The summed E-state index contributed by atoms with van der Waals surface area (Å²) in [6, 6.07) is 13.0. The normalized spacial score (nSPS) is 12.5. The first-order valence-electron chi connectivity index (χ1n) is 10.8. The van der Waals surface area contributed by atoms with E-state index in [0.29, 0.717) is 23.1 Å². The van der Waals surface area contributed by atoms with E-state index in [4.69, 9.17) is 13.9 Å². The maximum atomic E-state index is 12.4. The zero-order valence-electron chi connectivity index (χ0n) is 18.1. The molecule has 0 fully saturated rings.